The maximum atomic E-state index is 3.86. The Balaban J connectivity index is 1.83. The Hall–Kier alpha value is -2.02. The van der Waals surface area contributed by atoms with E-state index in [1.54, 1.807) is 0 Å². The molecule has 106 valence electrons. The third-order valence-electron chi connectivity index (χ3n) is 5.02. The molecule has 0 unspecified atom stereocenters. The summed E-state index contributed by atoms with van der Waals surface area (Å²) in [4.78, 5) is 0. The molecule has 1 N–H and O–H groups in total. The molecule has 2 aromatic carbocycles. The number of para-hydroxylation sites is 1. The minimum atomic E-state index is 0.423. The molecule has 2 aliphatic rings. The van der Waals surface area contributed by atoms with Gasteiger partial charge in [-0.15, -0.1) is 0 Å². The summed E-state index contributed by atoms with van der Waals surface area (Å²) in [6.45, 7) is 2.24. The van der Waals surface area contributed by atoms with E-state index in [1.165, 1.54) is 28.8 Å². The van der Waals surface area contributed by atoms with Gasteiger partial charge in [0, 0.05) is 11.6 Å². The number of fused-ring (bicyclic) bond motifs is 3. The number of rotatable bonds is 2. The van der Waals surface area contributed by atoms with E-state index >= 15 is 0 Å². The van der Waals surface area contributed by atoms with Gasteiger partial charge in [-0.1, -0.05) is 67.6 Å². The van der Waals surface area contributed by atoms with Crippen molar-refractivity contribution >= 4 is 5.69 Å². The molecule has 2 aromatic rings. The second-order valence-electron chi connectivity index (χ2n) is 6.12. The van der Waals surface area contributed by atoms with E-state index in [0.29, 0.717) is 17.9 Å². The van der Waals surface area contributed by atoms with Crippen molar-refractivity contribution in [3.8, 4) is 0 Å². The maximum absolute atomic E-state index is 3.86. The minimum absolute atomic E-state index is 0.423. The fourth-order valence-corrected chi connectivity index (χ4v) is 3.97. The van der Waals surface area contributed by atoms with Crippen LogP contribution in [0, 0.1) is 5.92 Å². The first-order chi connectivity index (χ1) is 10.4. The molecule has 0 aromatic heterocycles. The van der Waals surface area contributed by atoms with Gasteiger partial charge in [0.25, 0.3) is 0 Å². The zero-order chi connectivity index (χ0) is 14.2. The Morgan fingerprint density at radius 3 is 2.71 bits per heavy atom. The summed E-state index contributed by atoms with van der Waals surface area (Å²) in [5.74, 6) is 1.21. The summed E-state index contributed by atoms with van der Waals surface area (Å²) in [6, 6.07) is 18.1. The van der Waals surface area contributed by atoms with Gasteiger partial charge in [0.1, 0.15) is 0 Å². The monoisotopic (exact) mass is 275 g/mol. The van der Waals surface area contributed by atoms with E-state index < -0.39 is 0 Å². The van der Waals surface area contributed by atoms with Crippen LogP contribution in [0.1, 0.15) is 42.0 Å². The van der Waals surface area contributed by atoms with Crippen molar-refractivity contribution in [3.63, 3.8) is 0 Å². The Morgan fingerprint density at radius 2 is 1.90 bits per heavy atom. The lowest BCUT2D eigenvalue weighted by atomic mass is 9.76. The highest BCUT2D eigenvalue weighted by atomic mass is 15.0. The molecule has 21 heavy (non-hydrogen) atoms. The van der Waals surface area contributed by atoms with Gasteiger partial charge in [0.15, 0.2) is 0 Å². The Labute approximate surface area is 126 Å². The zero-order valence-corrected chi connectivity index (χ0v) is 12.4. The van der Waals surface area contributed by atoms with Crippen LogP contribution in [0.4, 0.5) is 5.69 Å². The summed E-state index contributed by atoms with van der Waals surface area (Å²) < 4.78 is 0. The summed E-state index contributed by atoms with van der Waals surface area (Å²) in [5, 5.41) is 3.86. The van der Waals surface area contributed by atoms with Crippen molar-refractivity contribution in [1.29, 1.82) is 0 Å². The molecule has 0 saturated carbocycles. The fourth-order valence-electron chi connectivity index (χ4n) is 3.97. The smallest absolute Gasteiger partial charge is 0.0554 e. The highest BCUT2D eigenvalue weighted by Gasteiger charge is 2.38. The van der Waals surface area contributed by atoms with Crippen LogP contribution in [-0.4, -0.2) is 0 Å². The van der Waals surface area contributed by atoms with Crippen LogP contribution in [0.2, 0.25) is 0 Å². The lowest BCUT2D eigenvalue weighted by molar-refractivity contribution is 0.425. The van der Waals surface area contributed by atoms with Crippen LogP contribution in [-0.2, 0) is 6.42 Å². The maximum Gasteiger partial charge on any atom is 0.0554 e. The van der Waals surface area contributed by atoms with Gasteiger partial charge in [-0.2, -0.15) is 0 Å². The molecule has 0 spiro atoms. The van der Waals surface area contributed by atoms with Crippen LogP contribution < -0.4 is 5.32 Å². The summed E-state index contributed by atoms with van der Waals surface area (Å²) in [7, 11) is 0. The molecule has 1 aliphatic carbocycles. The molecule has 3 atom stereocenters. The number of anilines is 1. The van der Waals surface area contributed by atoms with Crippen LogP contribution in [0.15, 0.2) is 60.7 Å². The first kappa shape index (κ1) is 12.7. The molecule has 0 bridgehead atoms. The van der Waals surface area contributed by atoms with Gasteiger partial charge in [-0.3, -0.25) is 0 Å². The van der Waals surface area contributed by atoms with Crippen molar-refractivity contribution < 1.29 is 0 Å². The van der Waals surface area contributed by atoms with Gasteiger partial charge >= 0.3 is 0 Å². The molecule has 4 rings (SSSR count). The summed E-state index contributed by atoms with van der Waals surface area (Å²) >= 11 is 0. The summed E-state index contributed by atoms with van der Waals surface area (Å²) in [5.41, 5.74) is 5.71. The Kier molecular flexibility index (Phi) is 3.07. The molecule has 0 radical (unpaired) electrons. The molecule has 0 fully saturated rings. The van der Waals surface area contributed by atoms with Gasteiger partial charge < -0.3 is 5.32 Å². The Bertz CT molecular complexity index is 671. The molecular formula is C20H21N. The van der Waals surface area contributed by atoms with Crippen LogP contribution >= 0.6 is 0 Å². The minimum Gasteiger partial charge on any atom is -0.377 e. The van der Waals surface area contributed by atoms with E-state index in [0.717, 1.165) is 6.42 Å². The standard InChI is InChI=1S/C20H21N/c1-2-14-10-6-12-17-16-11-7-13-18(16)20(21-19(14)17)15-8-4-3-5-9-15/h3-12,16,18,20-21H,2,13H2,1H3/t16-,18+,20+/m0/s1. The number of hydrogen-bond donors (Lipinski definition) is 1. The predicted octanol–water partition coefficient (Wildman–Crippen LogP) is 5.08. The van der Waals surface area contributed by atoms with Crippen LogP contribution in [0.3, 0.4) is 0 Å². The van der Waals surface area contributed by atoms with E-state index in [2.05, 4.69) is 72.9 Å². The van der Waals surface area contributed by atoms with Crippen LogP contribution in [0.5, 0.6) is 0 Å². The number of allylic oxidation sites excluding steroid dienone is 2. The third-order valence-corrected chi connectivity index (χ3v) is 5.02. The van der Waals surface area contributed by atoms with Gasteiger partial charge in [0.2, 0.25) is 0 Å². The second kappa shape index (κ2) is 5.07. The average molecular weight is 275 g/mol. The fraction of sp³-hybridized carbons (Fsp3) is 0.300. The molecule has 1 heteroatoms. The third kappa shape index (κ3) is 1.99. The largest absolute Gasteiger partial charge is 0.377 e. The van der Waals surface area contributed by atoms with Gasteiger partial charge in [-0.05, 0) is 35.4 Å². The number of aryl methyl sites for hydroxylation is 1. The van der Waals surface area contributed by atoms with E-state index in [9.17, 15) is 0 Å². The quantitative estimate of drug-likeness (QED) is 0.754. The Morgan fingerprint density at radius 1 is 1.05 bits per heavy atom. The van der Waals surface area contributed by atoms with E-state index in [1.807, 2.05) is 0 Å². The molecule has 1 aliphatic heterocycles. The summed E-state index contributed by atoms with van der Waals surface area (Å²) in [6.07, 6.45) is 7.03. The lowest BCUT2D eigenvalue weighted by Crippen LogP contribution is -2.29. The normalized spacial score (nSPS) is 26.0. The highest BCUT2D eigenvalue weighted by molar-refractivity contribution is 5.64. The van der Waals surface area contributed by atoms with Crippen molar-refractivity contribution in [2.75, 3.05) is 5.32 Å². The first-order valence-corrected chi connectivity index (χ1v) is 7.98. The zero-order valence-electron chi connectivity index (χ0n) is 12.4. The van der Waals surface area contributed by atoms with Crippen molar-refractivity contribution in [1.82, 2.24) is 0 Å². The van der Waals surface area contributed by atoms with Gasteiger partial charge in [0.05, 0.1) is 6.04 Å². The molecule has 0 saturated heterocycles. The van der Waals surface area contributed by atoms with Crippen molar-refractivity contribution in [2.24, 2.45) is 5.92 Å². The highest BCUT2D eigenvalue weighted by Crippen LogP contribution is 2.50. The number of benzene rings is 2. The van der Waals surface area contributed by atoms with E-state index in [-0.39, 0.29) is 0 Å². The second-order valence-corrected chi connectivity index (χ2v) is 6.12. The number of nitrogens with one attached hydrogen (secondary N) is 1. The van der Waals surface area contributed by atoms with E-state index in [4.69, 9.17) is 0 Å². The van der Waals surface area contributed by atoms with Crippen molar-refractivity contribution in [3.05, 3.63) is 77.4 Å². The topological polar surface area (TPSA) is 12.0 Å². The average Bonchev–Trinajstić information content (AvgIpc) is 3.04. The predicted molar refractivity (Wildman–Crippen MR) is 88.6 cm³/mol. The lowest BCUT2D eigenvalue weighted by Gasteiger charge is -2.38. The number of hydrogen-bond acceptors (Lipinski definition) is 1. The SMILES string of the molecule is CCc1cccc2c1N[C@H](c1ccccc1)[C@@H]1CC=C[C@@H]21. The molecule has 0 amide bonds. The molecular weight excluding hydrogens is 254 g/mol. The van der Waals surface area contributed by atoms with Crippen molar-refractivity contribution in [2.45, 2.75) is 31.7 Å². The molecule has 1 heterocycles. The van der Waals surface area contributed by atoms with Gasteiger partial charge in [-0.25, -0.2) is 0 Å². The molecule has 1 nitrogen and oxygen atoms in total. The van der Waals surface area contributed by atoms with Crippen LogP contribution in [0.25, 0.3) is 0 Å². The first-order valence-electron chi connectivity index (χ1n) is 7.98.